The van der Waals surface area contributed by atoms with Crippen molar-refractivity contribution < 1.29 is 39.6 Å². The molecule has 0 spiro atoms. The van der Waals surface area contributed by atoms with Crippen molar-refractivity contribution in [1.82, 2.24) is 0 Å². The van der Waals surface area contributed by atoms with E-state index in [-0.39, 0.29) is 28.9 Å². The van der Waals surface area contributed by atoms with E-state index in [2.05, 4.69) is 8.92 Å². The number of methoxy groups -OCH3 is 1. The summed E-state index contributed by atoms with van der Waals surface area (Å²) in [6.45, 7) is 1.07. The minimum absolute atomic E-state index is 0.00253. The summed E-state index contributed by atoms with van der Waals surface area (Å²) in [5.41, 5.74) is -5.68. The summed E-state index contributed by atoms with van der Waals surface area (Å²) < 4.78 is 87.9. The summed E-state index contributed by atoms with van der Waals surface area (Å²) in [6.07, 6.45) is 0. The lowest BCUT2D eigenvalue weighted by atomic mass is 10.0. The predicted molar refractivity (Wildman–Crippen MR) is 76.7 cm³/mol. The SMILES string of the molecule is COCOc1cc(OS(=O)(=O)C(F)(F)F)c2c(C)c(F)ccc2c1. The zero-order valence-electron chi connectivity index (χ0n) is 12.5. The van der Waals surface area contributed by atoms with Gasteiger partial charge in [0.15, 0.2) is 12.5 Å². The standard InChI is InChI=1S/C14H12F4O5S/c1-8-11(15)4-3-9-5-10(22-7-21-2)6-12(13(8)9)23-24(19,20)14(16,17)18/h3-6H,7H2,1-2H3. The normalized spacial score (nSPS) is 12.4. The number of hydrogen-bond acceptors (Lipinski definition) is 5. The highest BCUT2D eigenvalue weighted by Crippen LogP contribution is 2.37. The quantitative estimate of drug-likeness (QED) is 0.350. The topological polar surface area (TPSA) is 61.8 Å². The second-order valence-corrected chi connectivity index (χ2v) is 6.26. The Hall–Kier alpha value is -2.07. The van der Waals surface area contributed by atoms with Crippen LogP contribution in [0.1, 0.15) is 5.56 Å². The third kappa shape index (κ3) is 3.54. The van der Waals surface area contributed by atoms with Crippen LogP contribution in [0.2, 0.25) is 0 Å². The molecule has 2 aromatic rings. The molecule has 0 unspecified atom stereocenters. The molecule has 0 bridgehead atoms. The largest absolute Gasteiger partial charge is 0.534 e. The zero-order valence-corrected chi connectivity index (χ0v) is 13.3. The number of aryl methyl sites for hydroxylation is 1. The third-order valence-electron chi connectivity index (χ3n) is 3.08. The summed E-state index contributed by atoms with van der Waals surface area (Å²) in [6, 6.07) is 4.69. The molecular formula is C14H12F4O5S. The van der Waals surface area contributed by atoms with Crippen LogP contribution in [0, 0.1) is 12.7 Å². The van der Waals surface area contributed by atoms with Crippen molar-refractivity contribution in [1.29, 1.82) is 0 Å². The van der Waals surface area contributed by atoms with Gasteiger partial charge >= 0.3 is 15.6 Å². The van der Waals surface area contributed by atoms with Crippen molar-refractivity contribution in [2.45, 2.75) is 12.4 Å². The van der Waals surface area contributed by atoms with E-state index in [1.807, 2.05) is 0 Å². The first-order valence-corrected chi connectivity index (χ1v) is 7.83. The molecule has 0 radical (unpaired) electrons. The van der Waals surface area contributed by atoms with Gasteiger partial charge in [-0.25, -0.2) is 4.39 Å². The fourth-order valence-electron chi connectivity index (χ4n) is 1.99. The first-order chi connectivity index (χ1) is 11.1. The Morgan fingerprint density at radius 2 is 1.83 bits per heavy atom. The van der Waals surface area contributed by atoms with Crippen molar-refractivity contribution in [2.24, 2.45) is 0 Å². The fraction of sp³-hybridized carbons (Fsp3) is 0.286. The molecule has 2 aromatic carbocycles. The molecule has 0 aliphatic heterocycles. The van der Waals surface area contributed by atoms with E-state index >= 15 is 0 Å². The third-order valence-corrected chi connectivity index (χ3v) is 4.04. The number of fused-ring (bicyclic) bond motifs is 1. The van der Waals surface area contributed by atoms with E-state index in [9.17, 15) is 26.0 Å². The highest BCUT2D eigenvalue weighted by molar-refractivity contribution is 7.88. The second kappa shape index (κ2) is 6.44. The lowest BCUT2D eigenvalue weighted by Gasteiger charge is -2.15. The van der Waals surface area contributed by atoms with Crippen LogP contribution in [-0.4, -0.2) is 27.8 Å². The van der Waals surface area contributed by atoms with Gasteiger partial charge in [-0.05, 0) is 30.0 Å². The average Bonchev–Trinajstić information content (AvgIpc) is 2.47. The molecule has 0 saturated heterocycles. The maximum Gasteiger partial charge on any atom is 0.534 e. The van der Waals surface area contributed by atoms with Gasteiger partial charge in [-0.2, -0.15) is 21.6 Å². The molecule has 24 heavy (non-hydrogen) atoms. The Bertz CT molecular complexity index is 862. The number of benzene rings is 2. The molecule has 0 aliphatic carbocycles. The molecular weight excluding hydrogens is 356 g/mol. The molecule has 10 heteroatoms. The van der Waals surface area contributed by atoms with E-state index in [4.69, 9.17) is 4.74 Å². The van der Waals surface area contributed by atoms with Crippen LogP contribution in [0.15, 0.2) is 24.3 Å². The van der Waals surface area contributed by atoms with Gasteiger partial charge in [0.2, 0.25) is 0 Å². The van der Waals surface area contributed by atoms with Gasteiger partial charge in [-0.1, -0.05) is 6.07 Å². The maximum absolute atomic E-state index is 13.7. The fourth-order valence-corrected chi connectivity index (χ4v) is 2.45. The van der Waals surface area contributed by atoms with Crippen molar-refractivity contribution in [3.8, 4) is 11.5 Å². The van der Waals surface area contributed by atoms with Gasteiger partial charge in [-0.3, -0.25) is 0 Å². The lowest BCUT2D eigenvalue weighted by Crippen LogP contribution is -2.28. The number of ether oxygens (including phenoxy) is 2. The first-order valence-electron chi connectivity index (χ1n) is 6.42. The van der Waals surface area contributed by atoms with Gasteiger partial charge in [-0.15, -0.1) is 0 Å². The molecule has 0 amide bonds. The molecule has 0 aromatic heterocycles. The van der Waals surface area contributed by atoms with Crippen LogP contribution in [0.3, 0.4) is 0 Å². The zero-order chi connectivity index (χ0) is 18.1. The van der Waals surface area contributed by atoms with Crippen LogP contribution in [0.5, 0.6) is 11.5 Å². The summed E-state index contributed by atoms with van der Waals surface area (Å²) in [5.74, 6) is -1.40. The van der Waals surface area contributed by atoms with E-state index in [0.717, 1.165) is 12.1 Å². The van der Waals surface area contributed by atoms with Crippen molar-refractivity contribution in [3.05, 3.63) is 35.6 Å². The highest BCUT2D eigenvalue weighted by atomic mass is 32.2. The van der Waals surface area contributed by atoms with Crippen LogP contribution in [0.25, 0.3) is 10.8 Å². The molecule has 0 fully saturated rings. The van der Waals surface area contributed by atoms with Gasteiger partial charge in [0.05, 0.1) is 0 Å². The molecule has 5 nitrogen and oxygen atoms in total. The first kappa shape index (κ1) is 18.3. The Morgan fingerprint density at radius 1 is 1.17 bits per heavy atom. The van der Waals surface area contributed by atoms with E-state index in [1.54, 1.807) is 0 Å². The van der Waals surface area contributed by atoms with Crippen molar-refractivity contribution >= 4 is 20.9 Å². The van der Waals surface area contributed by atoms with Gasteiger partial charge < -0.3 is 13.7 Å². The van der Waals surface area contributed by atoms with Crippen molar-refractivity contribution in [2.75, 3.05) is 13.9 Å². The number of alkyl halides is 3. The molecule has 0 saturated carbocycles. The highest BCUT2D eigenvalue weighted by Gasteiger charge is 2.48. The summed E-state index contributed by atoms with van der Waals surface area (Å²) in [7, 11) is -4.59. The molecule has 2 rings (SSSR count). The van der Waals surface area contributed by atoms with Gasteiger partial charge in [0, 0.05) is 18.6 Å². The Labute approximate surface area is 134 Å². The number of hydrogen-bond donors (Lipinski definition) is 0. The van der Waals surface area contributed by atoms with Crippen LogP contribution >= 0.6 is 0 Å². The second-order valence-electron chi connectivity index (χ2n) is 4.73. The Balaban J connectivity index is 2.66. The van der Waals surface area contributed by atoms with Gasteiger partial charge in [0.25, 0.3) is 0 Å². The van der Waals surface area contributed by atoms with Crippen LogP contribution < -0.4 is 8.92 Å². The molecule has 0 N–H and O–H groups in total. The monoisotopic (exact) mass is 368 g/mol. The summed E-state index contributed by atoms with van der Waals surface area (Å²) in [5, 5.41) is 0.141. The van der Waals surface area contributed by atoms with Gasteiger partial charge in [0.1, 0.15) is 11.6 Å². The Kier molecular flexibility index (Phi) is 4.90. The van der Waals surface area contributed by atoms with Crippen LogP contribution in [0.4, 0.5) is 17.6 Å². The minimum Gasteiger partial charge on any atom is -0.467 e. The molecule has 0 atom stereocenters. The molecule has 132 valence electrons. The average molecular weight is 368 g/mol. The molecule has 0 aliphatic rings. The maximum atomic E-state index is 13.7. The van der Waals surface area contributed by atoms with E-state index < -0.39 is 27.2 Å². The summed E-state index contributed by atoms with van der Waals surface area (Å²) >= 11 is 0. The smallest absolute Gasteiger partial charge is 0.467 e. The number of rotatable bonds is 5. The lowest BCUT2D eigenvalue weighted by molar-refractivity contribution is -0.0499. The molecule has 0 heterocycles. The van der Waals surface area contributed by atoms with Crippen molar-refractivity contribution in [3.63, 3.8) is 0 Å². The Morgan fingerprint density at radius 3 is 2.42 bits per heavy atom. The van der Waals surface area contributed by atoms with Crippen LogP contribution in [-0.2, 0) is 14.9 Å². The van der Waals surface area contributed by atoms with E-state index in [0.29, 0.717) is 0 Å². The minimum atomic E-state index is -5.92. The summed E-state index contributed by atoms with van der Waals surface area (Å²) in [4.78, 5) is 0. The number of halogens is 4. The predicted octanol–water partition coefficient (Wildman–Crippen LogP) is 3.50. The van der Waals surface area contributed by atoms with E-state index in [1.165, 1.54) is 26.2 Å².